The minimum absolute atomic E-state index is 0.107. The van der Waals surface area contributed by atoms with Crippen LogP contribution >= 0.6 is 22.6 Å². The van der Waals surface area contributed by atoms with Crippen molar-refractivity contribution in [2.75, 3.05) is 0 Å². The molecule has 4 rings (SSSR count). The first-order valence-corrected chi connectivity index (χ1v) is 15.1. The van der Waals surface area contributed by atoms with Gasteiger partial charge in [-0.25, -0.2) is 4.79 Å². The Bertz CT molecular complexity index is 1310. The predicted molar refractivity (Wildman–Crippen MR) is 167 cm³/mol. The number of fused-ring (bicyclic) bond motifs is 1. The summed E-state index contributed by atoms with van der Waals surface area (Å²) in [6.07, 6.45) is -1.03. The molecule has 3 unspecified atom stereocenters. The number of alkyl carbamates (subject to hydrolysis) is 1. The van der Waals surface area contributed by atoms with Crippen LogP contribution in [0, 0.1) is 9.49 Å². The van der Waals surface area contributed by atoms with Crippen molar-refractivity contribution in [2.45, 2.75) is 76.3 Å². The summed E-state index contributed by atoms with van der Waals surface area (Å²) in [4.78, 5) is 26.5. The quantitative estimate of drug-likeness (QED) is 0.225. The Morgan fingerprint density at radius 3 is 2.27 bits per heavy atom. The molecule has 0 aliphatic heterocycles. The Balaban J connectivity index is 1.56. The smallest absolute Gasteiger partial charge is 0.407 e. The molecule has 0 saturated carbocycles. The van der Waals surface area contributed by atoms with Gasteiger partial charge in [0.2, 0.25) is 5.91 Å². The lowest BCUT2D eigenvalue weighted by molar-refractivity contribution is -0.127. The van der Waals surface area contributed by atoms with E-state index in [1.165, 1.54) is 0 Å². The number of aliphatic hydroxyl groups excluding tert-OH is 2. The molecule has 1 aliphatic carbocycles. The fourth-order valence-corrected chi connectivity index (χ4v) is 5.63. The third-order valence-electron chi connectivity index (χ3n) is 7.26. The van der Waals surface area contributed by atoms with Crippen LogP contribution in [0.3, 0.4) is 0 Å². The van der Waals surface area contributed by atoms with Gasteiger partial charge in [-0.1, -0.05) is 66.7 Å². The number of benzene rings is 3. The second-order valence-electron chi connectivity index (χ2n) is 11.7. The molecule has 0 aromatic heterocycles. The molecule has 8 heteroatoms. The van der Waals surface area contributed by atoms with Gasteiger partial charge in [0.1, 0.15) is 5.60 Å². The maximum atomic E-state index is 13.8. The SMILES string of the molecule is CC(C)(C)OC(=O)NC(Cc1ccccc1)C(O)CC(Cc1ccc(I)cc1)C(=O)N[C@H]1c2ccccc2C[C@@H]1O. The zero-order chi connectivity index (χ0) is 29.6. The van der Waals surface area contributed by atoms with E-state index < -0.39 is 41.9 Å². The summed E-state index contributed by atoms with van der Waals surface area (Å²) in [6.45, 7) is 5.35. The van der Waals surface area contributed by atoms with E-state index in [0.717, 1.165) is 25.8 Å². The molecule has 1 aliphatic rings. The van der Waals surface area contributed by atoms with Crippen LogP contribution in [-0.4, -0.2) is 46.1 Å². The van der Waals surface area contributed by atoms with Crippen molar-refractivity contribution in [1.29, 1.82) is 0 Å². The Morgan fingerprint density at radius 1 is 0.951 bits per heavy atom. The first-order valence-electron chi connectivity index (χ1n) is 14.0. The zero-order valence-electron chi connectivity index (χ0n) is 23.7. The van der Waals surface area contributed by atoms with E-state index in [-0.39, 0.29) is 12.3 Å². The van der Waals surface area contributed by atoms with E-state index in [1.807, 2.05) is 78.9 Å². The summed E-state index contributed by atoms with van der Waals surface area (Å²) in [7, 11) is 0. The molecule has 0 saturated heterocycles. The number of nitrogens with one attached hydrogen (secondary N) is 2. The number of carbonyl (C=O) groups is 2. The summed E-state index contributed by atoms with van der Waals surface area (Å²) < 4.78 is 6.57. The zero-order valence-corrected chi connectivity index (χ0v) is 25.9. The lowest BCUT2D eigenvalue weighted by Crippen LogP contribution is -2.48. The molecular formula is C33H39IN2O5. The Hall–Kier alpha value is -2.95. The minimum Gasteiger partial charge on any atom is -0.444 e. The molecule has 0 fully saturated rings. The molecule has 5 atom stereocenters. The fourth-order valence-electron chi connectivity index (χ4n) is 5.27. The van der Waals surface area contributed by atoms with Gasteiger partial charge in [-0.3, -0.25) is 4.79 Å². The van der Waals surface area contributed by atoms with Crippen LogP contribution in [0.15, 0.2) is 78.9 Å². The highest BCUT2D eigenvalue weighted by molar-refractivity contribution is 14.1. The standard InChI is InChI=1S/C33H39IN2O5/c1-33(2,3)41-32(40)35-27(18-21-9-5-4-6-10-21)28(37)20-24(17-22-13-15-25(34)16-14-22)31(39)36-30-26-12-8-7-11-23(26)19-29(30)38/h4-16,24,27-30,37-38H,17-20H2,1-3H3,(H,35,40)(H,36,39)/t24?,27?,28?,29-,30-/m0/s1. The van der Waals surface area contributed by atoms with Crippen molar-refractivity contribution in [2.24, 2.45) is 5.92 Å². The molecule has 0 radical (unpaired) electrons. The van der Waals surface area contributed by atoms with Gasteiger partial charge in [-0.15, -0.1) is 0 Å². The topological polar surface area (TPSA) is 108 Å². The van der Waals surface area contributed by atoms with Gasteiger partial charge in [0.05, 0.1) is 24.3 Å². The van der Waals surface area contributed by atoms with E-state index in [1.54, 1.807) is 20.8 Å². The first kappa shape index (κ1) is 31.0. The van der Waals surface area contributed by atoms with Gasteiger partial charge < -0.3 is 25.6 Å². The van der Waals surface area contributed by atoms with Crippen LogP contribution in [0.25, 0.3) is 0 Å². The summed E-state index contributed by atoms with van der Waals surface area (Å²) >= 11 is 2.24. The lowest BCUT2D eigenvalue weighted by atomic mass is 9.88. The molecule has 7 nitrogen and oxygen atoms in total. The minimum atomic E-state index is -1.04. The predicted octanol–water partition coefficient (Wildman–Crippen LogP) is 5.11. The van der Waals surface area contributed by atoms with E-state index >= 15 is 0 Å². The van der Waals surface area contributed by atoms with Crippen LogP contribution in [0.2, 0.25) is 0 Å². The first-order chi connectivity index (χ1) is 19.5. The molecule has 3 aromatic carbocycles. The molecule has 0 spiro atoms. The van der Waals surface area contributed by atoms with E-state index in [9.17, 15) is 19.8 Å². The summed E-state index contributed by atoms with van der Waals surface area (Å²) in [6, 6.07) is 24.1. The van der Waals surface area contributed by atoms with Gasteiger partial charge in [-0.2, -0.15) is 0 Å². The third kappa shape index (κ3) is 9.02. The highest BCUT2D eigenvalue weighted by Crippen LogP contribution is 2.32. The number of ether oxygens (including phenoxy) is 1. The van der Waals surface area contributed by atoms with Crippen LogP contribution < -0.4 is 10.6 Å². The van der Waals surface area contributed by atoms with Crippen molar-refractivity contribution in [3.63, 3.8) is 0 Å². The van der Waals surface area contributed by atoms with Gasteiger partial charge in [-0.05, 0) is 97.0 Å². The number of aliphatic hydroxyl groups is 2. The summed E-state index contributed by atoms with van der Waals surface area (Å²) in [5, 5.41) is 28.2. The number of hydrogen-bond acceptors (Lipinski definition) is 5. The third-order valence-corrected chi connectivity index (χ3v) is 7.98. The molecule has 218 valence electrons. The normalized spacial score (nSPS) is 18.6. The monoisotopic (exact) mass is 670 g/mol. The Morgan fingerprint density at radius 2 is 1.59 bits per heavy atom. The highest BCUT2D eigenvalue weighted by atomic mass is 127. The molecule has 0 heterocycles. The second-order valence-corrected chi connectivity index (χ2v) is 13.0. The molecule has 4 N–H and O–H groups in total. The van der Waals surface area contributed by atoms with E-state index in [2.05, 4.69) is 33.2 Å². The van der Waals surface area contributed by atoms with Crippen molar-refractivity contribution in [1.82, 2.24) is 10.6 Å². The summed E-state index contributed by atoms with van der Waals surface area (Å²) in [5.74, 6) is -0.859. The lowest BCUT2D eigenvalue weighted by Gasteiger charge is -2.29. The van der Waals surface area contributed by atoms with Crippen molar-refractivity contribution in [3.8, 4) is 0 Å². The average molecular weight is 671 g/mol. The molecule has 0 bridgehead atoms. The Labute approximate surface area is 255 Å². The number of hydrogen-bond donors (Lipinski definition) is 4. The van der Waals surface area contributed by atoms with Gasteiger partial charge >= 0.3 is 6.09 Å². The maximum Gasteiger partial charge on any atom is 0.407 e. The van der Waals surface area contributed by atoms with E-state index in [0.29, 0.717) is 19.3 Å². The average Bonchev–Trinajstić information content (AvgIpc) is 3.23. The molecule has 3 aromatic rings. The number of amides is 2. The van der Waals surface area contributed by atoms with Gasteiger partial charge in [0.25, 0.3) is 0 Å². The Kier molecular flexibility index (Phi) is 10.4. The largest absolute Gasteiger partial charge is 0.444 e. The molecular weight excluding hydrogens is 631 g/mol. The fraction of sp³-hybridized carbons (Fsp3) is 0.394. The highest BCUT2D eigenvalue weighted by Gasteiger charge is 2.35. The van der Waals surface area contributed by atoms with E-state index in [4.69, 9.17) is 4.74 Å². The van der Waals surface area contributed by atoms with Crippen LogP contribution in [-0.2, 0) is 28.8 Å². The van der Waals surface area contributed by atoms with Crippen molar-refractivity contribution < 1.29 is 24.5 Å². The number of rotatable bonds is 10. The van der Waals surface area contributed by atoms with Crippen molar-refractivity contribution >= 4 is 34.6 Å². The van der Waals surface area contributed by atoms with Crippen LogP contribution in [0.5, 0.6) is 0 Å². The van der Waals surface area contributed by atoms with Gasteiger partial charge in [0.15, 0.2) is 0 Å². The molecule has 41 heavy (non-hydrogen) atoms. The van der Waals surface area contributed by atoms with Crippen LogP contribution in [0.4, 0.5) is 4.79 Å². The van der Waals surface area contributed by atoms with Crippen molar-refractivity contribution in [3.05, 3.63) is 105 Å². The number of carbonyl (C=O) groups excluding carboxylic acids is 2. The molecule has 2 amide bonds. The van der Waals surface area contributed by atoms with Gasteiger partial charge in [0, 0.05) is 15.9 Å². The van der Waals surface area contributed by atoms with Crippen LogP contribution in [0.1, 0.15) is 55.5 Å². The summed E-state index contributed by atoms with van der Waals surface area (Å²) in [5.41, 5.74) is 3.14. The number of halogens is 1. The second kappa shape index (κ2) is 13.8. The maximum absolute atomic E-state index is 13.8.